The Bertz CT molecular complexity index is 669. The van der Waals surface area contributed by atoms with Gasteiger partial charge in [-0.05, 0) is 43.4 Å². The fourth-order valence-electron chi connectivity index (χ4n) is 2.94. The average Bonchev–Trinajstić information content (AvgIpc) is 3.40. The van der Waals surface area contributed by atoms with E-state index in [0.29, 0.717) is 6.54 Å². The van der Waals surface area contributed by atoms with Crippen LogP contribution < -0.4 is 15.4 Å². The number of hydrogen-bond acceptors (Lipinski definition) is 4. The van der Waals surface area contributed by atoms with Gasteiger partial charge in [-0.3, -0.25) is 14.5 Å². The van der Waals surface area contributed by atoms with Crippen LogP contribution in [0.4, 0.5) is 4.79 Å². The molecule has 7 nitrogen and oxygen atoms in total. The molecule has 3 rings (SSSR count). The van der Waals surface area contributed by atoms with Gasteiger partial charge in [0.05, 0.1) is 7.11 Å². The van der Waals surface area contributed by atoms with E-state index < -0.39 is 11.6 Å². The second kappa shape index (κ2) is 6.14. The molecule has 2 fully saturated rings. The van der Waals surface area contributed by atoms with Crippen LogP contribution in [-0.4, -0.2) is 41.9 Å². The predicted octanol–water partition coefficient (Wildman–Crippen LogP) is 1.03. The number of ether oxygens (including phenoxy) is 1. The Labute approximate surface area is 140 Å². The molecule has 1 aliphatic carbocycles. The Hall–Kier alpha value is -2.57. The lowest BCUT2D eigenvalue weighted by Crippen LogP contribution is -2.46. The minimum Gasteiger partial charge on any atom is -0.497 e. The van der Waals surface area contributed by atoms with Gasteiger partial charge in [0.2, 0.25) is 5.91 Å². The standard InChI is InChI=1S/C17H21N3O4/c1-17(12-5-6-12)15(22)20(16(23)19-17)10-14(21)18-9-11-3-7-13(24-2)8-4-11/h3-4,7-8,12H,5-6,9-10H2,1-2H3,(H,18,21)(H,19,23). The molecule has 1 unspecified atom stereocenters. The molecule has 1 atom stereocenters. The molecule has 0 radical (unpaired) electrons. The summed E-state index contributed by atoms with van der Waals surface area (Å²) in [5.41, 5.74) is 0.0528. The number of nitrogens with one attached hydrogen (secondary N) is 2. The number of benzene rings is 1. The van der Waals surface area contributed by atoms with Crippen LogP contribution in [-0.2, 0) is 16.1 Å². The molecular weight excluding hydrogens is 310 g/mol. The van der Waals surface area contributed by atoms with Crippen LogP contribution in [0, 0.1) is 5.92 Å². The summed E-state index contributed by atoms with van der Waals surface area (Å²) < 4.78 is 5.07. The zero-order chi connectivity index (χ0) is 17.3. The van der Waals surface area contributed by atoms with Gasteiger partial charge in [0.25, 0.3) is 5.91 Å². The number of carbonyl (C=O) groups excluding carboxylic acids is 3. The van der Waals surface area contributed by atoms with Gasteiger partial charge in [0.1, 0.15) is 17.8 Å². The molecule has 7 heteroatoms. The first kappa shape index (κ1) is 16.3. The maximum absolute atomic E-state index is 12.4. The van der Waals surface area contributed by atoms with Crippen LogP contribution in [0.2, 0.25) is 0 Å². The summed E-state index contributed by atoms with van der Waals surface area (Å²) in [5, 5.41) is 5.45. The fraction of sp³-hybridized carbons (Fsp3) is 0.471. The van der Waals surface area contributed by atoms with Crippen molar-refractivity contribution < 1.29 is 19.1 Å². The lowest BCUT2D eigenvalue weighted by Gasteiger charge is -2.20. The summed E-state index contributed by atoms with van der Waals surface area (Å²) in [6.07, 6.45) is 1.86. The highest BCUT2D eigenvalue weighted by Crippen LogP contribution is 2.42. The van der Waals surface area contributed by atoms with Gasteiger partial charge in [-0.25, -0.2) is 4.79 Å². The molecular formula is C17H21N3O4. The van der Waals surface area contributed by atoms with Crippen molar-refractivity contribution in [3.63, 3.8) is 0 Å². The number of carbonyl (C=O) groups is 3. The third kappa shape index (κ3) is 3.06. The summed E-state index contributed by atoms with van der Waals surface area (Å²) in [6.45, 7) is 1.80. The van der Waals surface area contributed by atoms with Crippen LogP contribution in [0.25, 0.3) is 0 Å². The number of amides is 4. The Morgan fingerprint density at radius 2 is 2.00 bits per heavy atom. The van der Waals surface area contributed by atoms with Crippen molar-refractivity contribution >= 4 is 17.8 Å². The molecule has 128 valence electrons. The first-order chi connectivity index (χ1) is 11.4. The largest absolute Gasteiger partial charge is 0.497 e. The van der Waals surface area contributed by atoms with E-state index in [1.807, 2.05) is 12.1 Å². The number of urea groups is 1. The van der Waals surface area contributed by atoms with E-state index in [9.17, 15) is 14.4 Å². The summed E-state index contributed by atoms with van der Waals surface area (Å²) in [4.78, 5) is 37.5. The Morgan fingerprint density at radius 1 is 1.33 bits per heavy atom. The highest BCUT2D eigenvalue weighted by molar-refractivity contribution is 6.09. The van der Waals surface area contributed by atoms with Gasteiger partial charge < -0.3 is 15.4 Å². The van der Waals surface area contributed by atoms with Crippen LogP contribution in [0.15, 0.2) is 24.3 Å². The summed E-state index contributed by atoms with van der Waals surface area (Å²) in [6, 6.07) is 6.81. The number of imide groups is 1. The maximum atomic E-state index is 12.4. The zero-order valence-electron chi connectivity index (χ0n) is 13.8. The van der Waals surface area contributed by atoms with E-state index in [4.69, 9.17) is 4.74 Å². The molecule has 1 saturated carbocycles. The van der Waals surface area contributed by atoms with Crippen molar-refractivity contribution in [2.75, 3.05) is 13.7 Å². The molecule has 1 aromatic rings. The molecule has 24 heavy (non-hydrogen) atoms. The Kier molecular flexibility index (Phi) is 4.17. The third-order valence-electron chi connectivity index (χ3n) is 4.65. The van der Waals surface area contributed by atoms with Crippen molar-refractivity contribution in [3.8, 4) is 5.75 Å². The minimum absolute atomic E-state index is 0.182. The Morgan fingerprint density at radius 3 is 2.58 bits per heavy atom. The first-order valence-electron chi connectivity index (χ1n) is 7.98. The van der Waals surface area contributed by atoms with E-state index in [-0.39, 0.29) is 24.3 Å². The van der Waals surface area contributed by atoms with Crippen molar-refractivity contribution in [3.05, 3.63) is 29.8 Å². The van der Waals surface area contributed by atoms with E-state index in [1.54, 1.807) is 26.2 Å². The van der Waals surface area contributed by atoms with E-state index in [1.165, 1.54) is 0 Å². The lowest BCUT2D eigenvalue weighted by molar-refractivity contribution is -0.135. The fourth-order valence-corrected chi connectivity index (χ4v) is 2.94. The first-order valence-corrected chi connectivity index (χ1v) is 7.98. The highest BCUT2D eigenvalue weighted by atomic mass is 16.5. The topological polar surface area (TPSA) is 87.7 Å². The van der Waals surface area contributed by atoms with Crippen LogP contribution >= 0.6 is 0 Å². The smallest absolute Gasteiger partial charge is 0.325 e. The maximum Gasteiger partial charge on any atom is 0.325 e. The number of hydrogen-bond donors (Lipinski definition) is 2. The van der Waals surface area contributed by atoms with Crippen molar-refractivity contribution in [2.45, 2.75) is 31.8 Å². The molecule has 2 N–H and O–H groups in total. The molecule has 0 spiro atoms. The number of rotatable bonds is 6. The van der Waals surface area contributed by atoms with Gasteiger partial charge in [0, 0.05) is 6.54 Å². The van der Waals surface area contributed by atoms with Crippen LogP contribution in [0.5, 0.6) is 5.75 Å². The van der Waals surface area contributed by atoms with E-state index >= 15 is 0 Å². The molecule has 1 heterocycles. The van der Waals surface area contributed by atoms with Gasteiger partial charge >= 0.3 is 6.03 Å². The quantitative estimate of drug-likeness (QED) is 0.762. The second-order valence-corrected chi connectivity index (χ2v) is 6.42. The summed E-state index contributed by atoms with van der Waals surface area (Å²) >= 11 is 0. The number of methoxy groups -OCH3 is 1. The van der Waals surface area contributed by atoms with Gasteiger partial charge in [-0.1, -0.05) is 12.1 Å². The molecule has 0 aromatic heterocycles. The van der Waals surface area contributed by atoms with Crippen molar-refractivity contribution in [2.24, 2.45) is 5.92 Å². The Balaban J connectivity index is 1.54. The monoisotopic (exact) mass is 331 g/mol. The highest BCUT2D eigenvalue weighted by Gasteiger charge is 2.56. The molecule has 4 amide bonds. The molecule has 0 bridgehead atoms. The second-order valence-electron chi connectivity index (χ2n) is 6.42. The van der Waals surface area contributed by atoms with E-state index in [2.05, 4.69) is 10.6 Å². The lowest BCUT2D eigenvalue weighted by atomic mass is 9.96. The normalized spacial score (nSPS) is 23.2. The van der Waals surface area contributed by atoms with Crippen LogP contribution in [0.3, 0.4) is 0 Å². The molecule has 2 aliphatic rings. The van der Waals surface area contributed by atoms with Crippen molar-refractivity contribution in [1.29, 1.82) is 0 Å². The average molecular weight is 331 g/mol. The zero-order valence-corrected chi connectivity index (χ0v) is 13.8. The SMILES string of the molecule is COc1ccc(CNC(=O)CN2C(=O)NC(C)(C3CC3)C2=O)cc1. The van der Waals surface area contributed by atoms with Gasteiger partial charge in [0.15, 0.2) is 0 Å². The minimum atomic E-state index is -0.854. The van der Waals surface area contributed by atoms with Gasteiger partial charge in [-0.15, -0.1) is 0 Å². The molecule has 1 saturated heterocycles. The van der Waals surface area contributed by atoms with Gasteiger partial charge in [-0.2, -0.15) is 0 Å². The van der Waals surface area contributed by atoms with Crippen molar-refractivity contribution in [1.82, 2.24) is 15.5 Å². The molecule has 1 aliphatic heterocycles. The molecule has 1 aromatic carbocycles. The third-order valence-corrected chi connectivity index (χ3v) is 4.65. The predicted molar refractivity (Wildman–Crippen MR) is 86.2 cm³/mol. The summed E-state index contributed by atoms with van der Waals surface area (Å²) in [5.74, 6) is 0.244. The summed E-state index contributed by atoms with van der Waals surface area (Å²) in [7, 11) is 1.59. The number of nitrogens with zero attached hydrogens (tertiary/aromatic N) is 1. The van der Waals surface area contributed by atoms with E-state index in [0.717, 1.165) is 29.1 Å². The van der Waals surface area contributed by atoms with Crippen LogP contribution in [0.1, 0.15) is 25.3 Å².